The fraction of sp³-hybridized carbons (Fsp3) is 0.750. The number of esters is 2. The average Bonchev–Trinajstić information content (AvgIpc) is 3.73. The second-order valence-electron chi connectivity index (χ2n) is 27.3. The average molecular weight is 1300 g/mol. The Morgan fingerprint density at radius 2 is 0.613 bits per heavy atom. The van der Waals surface area contributed by atoms with E-state index in [-0.39, 0.29) is 32.2 Å². The molecule has 0 aromatic rings. The van der Waals surface area contributed by atoms with Gasteiger partial charge in [0.15, 0.2) is 6.10 Å². The van der Waals surface area contributed by atoms with Gasteiger partial charge >= 0.3 is 17.9 Å². The van der Waals surface area contributed by atoms with Crippen LogP contribution >= 0.6 is 0 Å². The molecule has 0 aliphatic carbocycles. The quantitative estimate of drug-likeness (QED) is 0.0211. The molecule has 0 saturated heterocycles. The van der Waals surface area contributed by atoms with E-state index in [1.807, 2.05) is 21.1 Å². The zero-order valence-electron chi connectivity index (χ0n) is 61.4. The van der Waals surface area contributed by atoms with Gasteiger partial charge in [-0.1, -0.05) is 342 Å². The van der Waals surface area contributed by atoms with Crippen LogP contribution in [-0.2, 0) is 33.3 Å². The van der Waals surface area contributed by atoms with Crippen LogP contribution in [0.25, 0.3) is 0 Å². The van der Waals surface area contributed by atoms with Crippen molar-refractivity contribution in [2.24, 2.45) is 0 Å². The number of nitrogens with zero attached hydrogens (tertiary/aromatic N) is 1. The van der Waals surface area contributed by atoms with Crippen LogP contribution in [0.1, 0.15) is 348 Å². The predicted molar refractivity (Wildman–Crippen MR) is 401 cm³/mol. The first kappa shape index (κ1) is 89.0. The van der Waals surface area contributed by atoms with Crippen molar-refractivity contribution in [2.45, 2.75) is 360 Å². The number of rotatable bonds is 72. The summed E-state index contributed by atoms with van der Waals surface area (Å²) in [5.74, 6) is -1.99. The number of carbonyl (C=O) groups excluding carboxylic acids is 2. The van der Waals surface area contributed by atoms with Crippen LogP contribution in [0.2, 0.25) is 0 Å². The van der Waals surface area contributed by atoms with Gasteiger partial charge in [0.2, 0.25) is 0 Å². The fourth-order valence-corrected chi connectivity index (χ4v) is 11.1. The van der Waals surface area contributed by atoms with Crippen molar-refractivity contribution in [1.29, 1.82) is 0 Å². The maximum atomic E-state index is 13.0. The van der Waals surface area contributed by atoms with Gasteiger partial charge in [-0.15, -0.1) is 0 Å². The van der Waals surface area contributed by atoms with Crippen molar-refractivity contribution in [2.75, 3.05) is 47.5 Å². The maximum absolute atomic E-state index is 13.0. The third-order valence-electron chi connectivity index (χ3n) is 17.0. The molecule has 0 radical (unpaired) electrons. The highest BCUT2D eigenvalue weighted by Crippen LogP contribution is 2.18. The minimum atomic E-state index is -1.51. The van der Waals surface area contributed by atoms with E-state index in [1.165, 1.54) is 231 Å². The minimum Gasteiger partial charge on any atom is -0.477 e. The molecule has 9 nitrogen and oxygen atoms in total. The van der Waals surface area contributed by atoms with Crippen LogP contribution in [0, 0.1) is 0 Å². The van der Waals surface area contributed by atoms with Crippen LogP contribution in [0.15, 0.2) is 109 Å². The molecule has 0 aromatic heterocycles. The summed E-state index contributed by atoms with van der Waals surface area (Å²) in [5, 5.41) is 9.77. The van der Waals surface area contributed by atoms with E-state index in [2.05, 4.69) is 123 Å². The molecule has 0 rings (SSSR count). The van der Waals surface area contributed by atoms with Gasteiger partial charge < -0.3 is 28.5 Å². The lowest BCUT2D eigenvalue weighted by atomic mass is 10.0. The van der Waals surface area contributed by atoms with Crippen molar-refractivity contribution in [3.63, 3.8) is 0 Å². The summed E-state index contributed by atoms with van der Waals surface area (Å²) in [7, 11) is 5.99. The Balaban J connectivity index is 4.04. The first-order valence-corrected chi connectivity index (χ1v) is 39.1. The first-order valence-electron chi connectivity index (χ1n) is 39.1. The summed E-state index contributed by atoms with van der Waals surface area (Å²) in [6.45, 7) is 4.79. The predicted octanol–water partition coefficient (Wildman–Crippen LogP) is 24.9. The van der Waals surface area contributed by atoms with Gasteiger partial charge in [-0.05, 0) is 103 Å². The highest BCUT2D eigenvalue weighted by atomic mass is 16.7. The standard InChI is InChI=1S/C84H147NO8/c1-6-8-10-12-14-16-18-20-22-24-26-28-30-32-34-36-38-39-40-41-42-43-45-47-49-51-53-55-57-59-61-63-65-67-69-71-73-75-82(87)93-80(79-92-84(83(88)89)90-77-76-85(3,4)5)78-91-81(86)74-72-70-68-66-64-62-60-58-56-54-52-50-48-46-44-37-35-33-31-29-27-25-23-21-19-17-15-13-11-9-7-2/h8,10,14,16,19-22,25-28,31-34,38-39,80,84H,6-7,9,11-13,15,17-18,23-24,29-30,35-37,40-79H2,1-5H3/p+1/b10-8-,16-14-,21-19-,22-20-,27-25-,28-26-,33-31-,34-32-,39-38-. The highest BCUT2D eigenvalue weighted by molar-refractivity contribution is 5.71. The second-order valence-corrected chi connectivity index (χ2v) is 27.3. The van der Waals surface area contributed by atoms with E-state index in [0.717, 1.165) is 89.9 Å². The summed E-state index contributed by atoms with van der Waals surface area (Å²) in [6.07, 6.45) is 101. The molecule has 93 heavy (non-hydrogen) atoms. The topological polar surface area (TPSA) is 108 Å². The van der Waals surface area contributed by atoms with E-state index in [0.29, 0.717) is 17.4 Å². The molecule has 536 valence electrons. The maximum Gasteiger partial charge on any atom is 0.361 e. The Morgan fingerprint density at radius 3 is 0.914 bits per heavy atom. The number of allylic oxidation sites excluding steroid dienone is 18. The number of likely N-dealkylation sites (N-methyl/N-ethyl adjacent to an activating group) is 1. The number of carboxylic acids is 1. The van der Waals surface area contributed by atoms with Crippen molar-refractivity contribution < 1.29 is 42.9 Å². The molecule has 0 saturated carbocycles. The summed E-state index contributed by atoms with van der Waals surface area (Å²) in [5.41, 5.74) is 0. The molecule has 9 heteroatoms. The number of aliphatic carboxylic acids is 1. The third kappa shape index (κ3) is 75.2. The Morgan fingerprint density at radius 1 is 0.333 bits per heavy atom. The van der Waals surface area contributed by atoms with Crippen LogP contribution in [-0.4, -0.2) is 87.4 Å². The van der Waals surface area contributed by atoms with E-state index < -0.39 is 24.3 Å². The summed E-state index contributed by atoms with van der Waals surface area (Å²) in [4.78, 5) is 37.7. The molecule has 2 unspecified atom stereocenters. The van der Waals surface area contributed by atoms with Gasteiger partial charge in [0.1, 0.15) is 13.2 Å². The molecular weight excluding hydrogens is 1150 g/mol. The second kappa shape index (κ2) is 73.8. The first-order chi connectivity index (χ1) is 45.6. The highest BCUT2D eigenvalue weighted by Gasteiger charge is 2.25. The molecule has 0 heterocycles. The molecular formula is C84H148NO8+. The number of hydrogen-bond acceptors (Lipinski definition) is 7. The third-order valence-corrected chi connectivity index (χ3v) is 17.0. The van der Waals surface area contributed by atoms with Crippen LogP contribution < -0.4 is 0 Å². The normalized spacial score (nSPS) is 13.3. The SMILES string of the molecule is CC/C=C\C/C=C\C/C=C\C/C=C\C/C=C\C/C=C\CCCCCCCCCCCCCCCCCCCCC(=O)OC(COC(=O)CCCCCCCCCCCCCCCCCC/C=C\C/C=C\C/C=C\CCCCCCC)COC(OCC[N+](C)(C)C)C(=O)O. The summed E-state index contributed by atoms with van der Waals surface area (Å²) >= 11 is 0. The lowest BCUT2D eigenvalue weighted by Gasteiger charge is -2.25. The lowest BCUT2D eigenvalue weighted by molar-refractivity contribution is -0.870. The number of hydrogen-bond donors (Lipinski definition) is 1. The molecule has 0 aromatic carbocycles. The Kier molecular flexibility index (Phi) is 70.5. The van der Waals surface area contributed by atoms with Crippen molar-refractivity contribution in [1.82, 2.24) is 0 Å². The lowest BCUT2D eigenvalue weighted by Crippen LogP contribution is -2.40. The molecule has 0 aliphatic heterocycles. The van der Waals surface area contributed by atoms with Crippen LogP contribution in [0.4, 0.5) is 0 Å². The smallest absolute Gasteiger partial charge is 0.361 e. The van der Waals surface area contributed by atoms with Gasteiger partial charge in [0.25, 0.3) is 6.29 Å². The molecule has 0 bridgehead atoms. The largest absolute Gasteiger partial charge is 0.477 e. The summed E-state index contributed by atoms with van der Waals surface area (Å²) < 4.78 is 23.0. The zero-order valence-corrected chi connectivity index (χ0v) is 61.4. The molecule has 0 amide bonds. The van der Waals surface area contributed by atoms with Gasteiger partial charge in [-0.3, -0.25) is 9.59 Å². The summed E-state index contributed by atoms with van der Waals surface area (Å²) in [6, 6.07) is 0. The van der Waals surface area contributed by atoms with Gasteiger partial charge in [-0.25, -0.2) is 4.79 Å². The van der Waals surface area contributed by atoms with E-state index >= 15 is 0 Å². The minimum absolute atomic E-state index is 0.182. The van der Waals surface area contributed by atoms with Crippen molar-refractivity contribution in [3.05, 3.63) is 109 Å². The van der Waals surface area contributed by atoms with Gasteiger partial charge in [0, 0.05) is 12.8 Å². The van der Waals surface area contributed by atoms with Crippen molar-refractivity contribution in [3.8, 4) is 0 Å². The Hall–Kier alpha value is -4.05. The van der Waals surface area contributed by atoms with Crippen LogP contribution in [0.3, 0.4) is 0 Å². The number of ether oxygens (including phenoxy) is 4. The number of unbranched alkanes of at least 4 members (excludes halogenated alkanes) is 39. The van der Waals surface area contributed by atoms with Crippen molar-refractivity contribution >= 4 is 17.9 Å². The molecule has 1 N–H and O–H groups in total. The molecule has 0 fully saturated rings. The molecule has 0 spiro atoms. The monoisotopic (exact) mass is 1300 g/mol. The Labute approximate surface area is 575 Å². The zero-order chi connectivity index (χ0) is 67.5. The van der Waals surface area contributed by atoms with Gasteiger partial charge in [-0.2, -0.15) is 0 Å². The number of carbonyl (C=O) groups is 3. The van der Waals surface area contributed by atoms with E-state index in [9.17, 15) is 19.5 Å². The number of carboxylic acid groups (broad SMARTS) is 1. The molecule has 2 atom stereocenters. The molecule has 0 aliphatic rings. The fourth-order valence-electron chi connectivity index (χ4n) is 11.1. The van der Waals surface area contributed by atoms with Gasteiger partial charge in [0.05, 0.1) is 34.4 Å². The van der Waals surface area contributed by atoms with Crippen LogP contribution in [0.5, 0.6) is 0 Å². The van der Waals surface area contributed by atoms with E-state index in [1.54, 1.807) is 0 Å². The van der Waals surface area contributed by atoms with E-state index in [4.69, 9.17) is 18.9 Å². The Bertz CT molecular complexity index is 1900. The number of quaternary nitrogens is 1.